The molecule has 0 saturated carbocycles. The first-order chi connectivity index (χ1) is 8.86. The van der Waals surface area contributed by atoms with Crippen LogP contribution < -0.4 is 5.32 Å². The first-order valence-corrected chi connectivity index (χ1v) is 6.32. The molecule has 1 aromatic rings. The highest BCUT2D eigenvalue weighted by Crippen LogP contribution is 2.28. The van der Waals surface area contributed by atoms with Crippen molar-refractivity contribution in [2.75, 3.05) is 7.05 Å². The molecule has 6 nitrogen and oxygen atoms in total. The van der Waals surface area contributed by atoms with Crippen molar-refractivity contribution in [2.24, 2.45) is 16.5 Å². The zero-order valence-electron chi connectivity index (χ0n) is 12.1. The summed E-state index contributed by atoms with van der Waals surface area (Å²) in [5, 5.41) is 15.3. The molecule has 0 spiro atoms. The predicted octanol–water partition coefficient (Wildman–Crippen LogP) is 1.49. The Morgan fingerprint density at radius 2 is 2.21 bits per heavy atom. The number of carbonyl (C=O) groups excluding carboxylic acids is 1. The molecule has 0 aliphatic rings. The Morgan fingerprint density at radius 1 is 1.58 bits per heavy atom. The van der Waals surface area contributed by atoms with Crippen molar-refractivity contribution in [3.63, 3.8) is 0 Å². The van der Waals surface area contributed by atoms with Gasteiger partial charge in [0.25, 0.3) is 0 Å². The minimum atomic E-state index is -0.568. The zero-order valence-corrected chi connectivity index (χ0v) is 12.1. The first kappa shape index (κ1) is 15.2. The average molecular weight is 266 g/mol. The highest BCUT2D eigenvalue weighted by molar-refractivity contribution is 6.04. The van der Waals surface area contributed by atoms with Crippen LogP contribution in [-0.4, -0.2) is 33.5 Å². The van der Waals surface area contributed by atoms with Crippen LogP contribution in [0.5, 0.6) is 0 Å². The minimum absolute atomic E-state index is 0.184. The van der Waals surface area contributed by atoms with Crippen molar-refractivity contribution >= 4 is 11.7 Å². The predicted molar refractivity (Wildman–Crippen MR) is 73.2 cm³/mol. The maximum atomic E-state index is 12.1. The van der Waals surface area contributed by atoms with Crippen LogP contribution in [0.25, 0.3) is 0 Å². The van der Waals surface area contributed by atoms with E-state index >= 15 is 0 Å². The maximum Gasteiger partial charge on any atom is 0.231 e. The SMILES string of the molecule is CCc1nccn1C(=NO)C(C(=O)NC)C(C)(C)C. The van der Waals surface area contributed by atoms with Gasteiger partial charge in [-0.2, -0.15) is 0 Å². The number of nitrogens with one attached hydrogen (secondary N) is 1. The van der Waals surface area contributed by atoms with Gasteiger partial charge in [-0.05, 0) is 5.41 Å². The second kappa shape index (κ2) is 5.86. The van der Waals surface area contributed by atoms with Gasteiger partial charge in [0, 0.05) is 25.9 Å². The summed E-state index contributed by atoms with van der Waals surface area (Å²) in [6.45, 7) is 7.75. The highest BCUT2D eigenvalue weighted by Gasteiger charge is 2.37. The largest absolute Gasteiger partial charge is 0.409 e. The summed E-state index contributed by atoms with van der Waals surface area (Å²) in [5.74, 6) is 0.296. The topological polar surface area (TPSA) is 79.5 Å². The number of oxime groups is 1. The quantitative estimate of drug-likeness (QED) is 0.376. The lowest BCUT2D eigenvalue weighted by molar-refractivity contribution is -0.125. The molecule has 1 heterocycles. The molecule has 0 aliphatic carbocycles. The van der Waals surface area contributed by atoms with E-state index in [0.29, 0.717) is 12.3 Å². The molecule has 1 amide bonds. The summed E-state index contributed by atoms with van der Waals surface area (Å²) in [6, 6.07) is 0. The molecule has 0 fully saturated rings. The van der Waals surface area contributed by atoms with Crippen LogP contribution in [-0.2, 0) is 11.2 Å². The third kappa shape index (κ3) is 3.13. The lowest BCUT2D eigenvalue weighted by Gasteiger charge is -2.30. The fourth-order valence-corrected chi connectivity index (χ4v) is 2.09. The van der Waals surface area contributed by atoms with Crippen LogP contribution in [0.1, 0.15) is 33.5 Å². The average Bonchev–Trinajstić information content (AvgIpc) is 2.81. The lowest BCUT2D eigenvalue weighted by Crippen LogP contribution is -2.44. The summed E-state index contributed by atoms with van der Waals surface area (Å²) >= 11 is 0. The maximum absolute atomic E-state index is 12.1. The second-order valence-electron chi connectivity index (χ2n) is 5.44. The number of amides is 1. The molecule has 0 radical (unpaired) electrons. The summed E-state index contributed by atoms with van der Waals surface area (Å²) < 4.78 is 1.67. The summed E-state index contributed by atoms with van der Waals surface area (Å²) in [6.07, 6.45) is 4.03. The number of hydrogen-bond acceptors (Lipinski definition) is 4. The number of nitrogens with zero attached hydrogens (tertiary/aromatic N) is 3. The van der Waals surface area contributed by atoms with E-state index in [2.05, 4.69) is 15.5 Å². The third-order valence-corrected chi connectivity index (χ3v) is 3.02. The van der Waals surface area contributed by atoms with E-state index in [1.807, 2.05) is 27.7 Å². The van der Waals surface area contributed by atoms with Crippen LogP contribution in [0.2, 0.25) is 0 Å². The summed E-state index contributed by atoms with van der Waals surface area (Å²) in [7, 11) is 1.57. The fourth-order valence-electron chi connectivity index (χ4n) is 2.09. The highest BCUT2D eigenvalue weighted by atomic mass is 16.4. The van der Waals surface area contributed by atoms with E-state index in [0.717, 1.165) is 5.82 Å². The van der Waals surface area contributed by atoms with Crippen molar-refractivity contribution in [3.8, 4) is 0 Å². The van der Waals surface area contributed by atoms with E-state index in [1.165, 1.54) is 0 Å². The number of imidazole rings is 1. The van der Waals surface area contributed by atoms with Crippen molar-refractivity contribution in [1.29, 1.82) is 0 Å². The van der Waals surface area contributed by atoms with E-state index < -0.39 is 5.92 Å². The fraction of sp³-hybridized carbons (Fsp3) is 0.615. The number of hydrogen-bond donors (Lipinski definition) is 2. The van der Waals surface area contributed by atoms with Crippen LogP contribution >= 0.6 is 0 Å². The van der Waals surface area contributed by atoms with Crippen molar-refractivity contribution in [2.45, 2.75) is 34.1 Å². The van der Waals surface area contributed by atoms with Crippen LogP contribution in [0.15, 0.2) is 17.5 Å². The molecule has 19 heavy (non-hydrogen) atoms. The Balaban J connectivity index is 3.30. The van der Waals surface area contributed by atoms with E-state index in [4.69, 9.17) is 0 Å². The Kier molecular flexibility index (Phi) is 4.69. The van der Waals surface area contributed by atoms with E-state index in [9.17, 15) is 10.0 Å². The molecule has 1 rings (SSSR count). The van der Waals surface area contributed by atoms with Crippen molar-refractivity contribution in [3.05, 3.63) is 18.2 Å². The van der Waals surface area contributed by atoms with Gasteiger partial charge in [-0.3, -0.25) is 9.36 Å². The first-order valence-electron chi connectivity index (χ1n) is 6.32. The Hall–Kier alpha value is -1.85. The smallest absolute Gasteiger partial charge is 0.231 e. The normalized spacial score (nSPS) is 14.3. The van der Waals surface area contributed by atoms with Gasteiger partial charge in [-0.15, -0.1) is 0 Å². The van der Waals surface area contributed by atoms with Gasteiger partial charge in [0.2, 0.25) is 5.91 Å². The molecule has 1 aromatic heterocycles. The Bertz CT molecular complexity index is 471. The lowest BCUT2D eigenvalue weighted by atomic mass is 9.79. The second-order valence-corrected chi connectivity index (χ2v) is 5.44. The summed E-state index contributed by atoms with van der Waals surface area (Å²) in [4.78, 5) is 16.3. The summed E-state index contributed by atoms with van der Waals surface area (Å²) in [5.41, 5.74) is -0.378. The Morgan fingerprint density at radius 3 is 2.63 bits per heavy atom. The van der Waals surface area contributed by atoms with Gasteiger partial charge in [0.15, 0.2) is 5.84 Å². The molecule has 6 heteroatoms. The molecule has 0 aliphatic heterocycles. The van der Waals surface area contributed by atoms with Gasteiger partial charge in [0.1, 0.15) is 11.7 Å². The van der Waals surface area contributed by atoms with Gasteiger partial charge in [0.05, 0.1) is 0 Å². The van der Waals surface area contributed by atoms with Gasteiger partial charge in [-0.25, -0.2) is 4.98 Å². The van der Waals surface area contributed by atoms with Gasteiger partial charge < -0.3 is 10.5 Å². The van der Waals surface area contributed by atoms with Crippen LogP contribution in [0.3, 0.4) is 0 Å². The zero-order chi connectivity index (χ0) is 14.6. The number of rotatable bonds is 3. The minimum Gasteiger partial charge on any atom is -0.409 e. The molecule has 106 valence electrons. The standard InChI is InChI=1S/C13H22N4O2/c1-6-9-15-7-8-17(9)11(16-19)10(12(18)14-5)13(2,3)4/h7-8,10,19H,6H2,1-5H3,(H,14,18). The van der Waals surface area contributed by atoms with Gasteiger partial charge in [-0.1, -0.05) is 32.9 Å². The molecule has 1 unspecified atom stereocenters. The molecular weight excluding hydrogens is 244 g/mol. The molecule has 1 atom stereocenters. The molecule has 0 aromatic carbocycles. The number of aromatic nitrogens is 2. The Labute approximate surface area is 113 Å². The molecule has 0 saturated heterocycles. The molecular formula is C13H22N4O2. The number of aryl methyl sites for hydroxylation is 1. The molecule has 0 bridgehead atoms. The van der Waals surface area contributed by atoms with Crippen LogP contribution in [0, 0.1) is 11.3 Å². The van der Waals surface area contributed by atoms with Crippen LogP contribution in [0.4, 0.5) is 0 Å². The number of carbonyl (C=O) groups is 1. The van der Waals surface area contributed by atoms with Crippen molar-refractivity contribution < 1.29 is 10.0 Å². The van der Waals surface area contributed by atoms with E-state index in [-0.39, 0.29) is 11.3 Å². The monoisotopic (exact) mass is 266 g/mol. The van der Waals surface area contributed by atoms with E-state index in [1.54, 1.807) is 24.0 Å². The third-order valence-electron chi connectivity index (χ3n) is 3.02. The molecule has 2 N–H and O–H groups in total. The van der Waals surface area contributed by atoms with Gasteiger partial charge >= 0.3 is 0 Å². The van der Waals surface area contributed by atoms with Crippen molar-refractivity contribution in [1.82, 2.24) is 14.9 Å².